The van der Waals surface area contributed by atoms with Gasteiger partial charge in [0.1, 0.15) is 5.82 Å². The Hall–Kier alpha value is -0.890. The molecule has 0 saturated carbocycles. The average molecular weight is 436 g/mol. The second-order valence-electron chi connectivity index (χ2n) is 6.63. The topological polar surface area (TPSA) is 39.7 Å². The van der Waals surface area contributed by atoms with E-state index in [2.05, 4.69) is 48.5 Å². The third kappa shape index (κ3) is 9.76. The predicted octanol–water partition coefficient (Wildman–Crippen LogP) is 2.74. The Bertz CT molecular complexity index is 489. The first-order chi connectivity index (χ1) is 10.3. The molecular weight excluding hydrogens is 406 g/mol. The molecule has 0 spiro atoms. The zero-order valence-corrected chi connectivity index (χ0v) is 17.1. The van der Waals surface area contributed by atoms with E-state index in [4.69, 9.17) is 0 Å². The van der Waals surface area contributed by atoms with Crippen molar-refractivity contribution in [1.29, 1.82) is 0 Å². The number of hydrogen-bond donors (Lipinski definition) is 2. The second-order valence-corrected chi connectivity index (χ2v) is 6.63. The first-order valence-corrected chi connectivity index (χ1v) is 7.66. The first kappa shape index (κ1) is 22.1. The summed E-state index contributed by atoms with van der Waals surface area (Å²) in [4.78, 5) is 6.41. The van der Waals surface area contributed by atoms with Crippen LogP contribution in [-0.4, -0.2) is 51.6 Å². The Balaban J connectivity index is 0.00000484. The van der Waals surface area contributed by atoms with Crippen LogP contribution < -0.4 is 10.6 Å². The zero-order chi connectivity index (χ0) is 16.6. The van der Waals surface area contributed by atoms with Crippen LogP contribution in [0.4, 0.5) is 4.39 Å². The summed E-state index contributed by atoms with van der Waals surface area (Å²) in [6.45, 7) is 7.00. The number of nitrogens with one attached hydrogen (secondary N) is 2. The number of guanidine groups is 1. The SMILES string of the molecule is CN=C(NCCc1cccc(F)c1)NCC(C)(C)CN(C)C.I. The minimum atomic E-state index is -0.189. The fourth-order valence-corrected chi connectivity index (χ4v) is 2.47. The van der Waals surface area contributed by atoms with Crippen LogP contribution in [0.1, 0.15) is 19.4 Å². The lowest BCUT2D eigenvalue weighted by Crippen LogP contribution is -2.45. The Morgan fingerprint density at radius 3 is 2.52 bits per heavy atom. The number of hydrogen-bond acceptors (Lipinski definition) is 2. The summed E-state index contributed by atoms with van der Waals surface area (Å²) in [5.74, 6) is 0.591. The van der Waals surface area contributed by atoms with Gasteiger partial charge in [-0.1, -0.05) is 26.0 Å². The summed E-state index contributed by atoms with van der Waals surface area (Å²) in [6.07, 6.45) is 0.763. The number of nitrogens with zero attached hydrogens (tertiary/aromatic N) is 2. The second kappa shape index (κ2) is 10.8. The molecule has 0 aliphatic heterocycles. The fourth-order valence-electron chi connectivity index (χ4n) is 2.47. The minimum Gasteiger partial charge on any atom is -0.356 e. The highest BCUT2D eigenvalue weighted by Crippen LogP contribution is 2.13. The highest BCUT2D eigenvalue weighted by atomic mass is 127. The molecule has 0 heterocycles. The van der Waals surface area contributed by atoms with E-state index in [0.717, 1.165) is 37.6 Å². The standard InChI is InChI=1S/C17H29FN4.HI/c1-17(2,13-22(4)5)12-21-16(19-3)20-10-9-14-7-6-8-15(18)11-14;/h6-8,11H,9-10,12-13H2,1-5H3,(H2,19,20,21);1H. The quantitative estimate of drug-likeness (QED) is 0.393. The van der Waals surface area contributed by atoms with Gasteiger partial charge in [0, 0.05) is 26.7 Å². The van der Waals surface area contributed by atoms with Crippen molar-refractivity contribution >= 4 is 29.9 Å². The molecule has 1 rings (SSSR count). The number of rotatable bonds is 7. The molecule has 0 aromatic heterocycles. The molecule has 1 aromatic carbocycles. The maximum Gasteiger partial charge on any atom is 0.191 e. The highest BCUT2D eigenvalue weighted by molar-refractivity contribution is 14.0. The van der Waals surface area contributed by atoms with Gasteiger partial charge in [-0.25, -0.2) is 4.39 Å². The summed E-state index contributed by atoms with van der Waals surface area (Å²) in [5.41, 5.74) is 1.14. The fraction of sp³-hybridized carbons (Fsp3) is 0.588. The van der Waals surface area contributed by atoms with Crippen LogP contribution in [0.15, 0.2) is 29.3 Å². The Morgan fingerprint density at radius 2 is 1.96 bits per heavy atom. The predicted molar refractivity (Wildman–Crippen MR) is 107 cm³/mol. The van der Waals surface area contributed by atoms with Gasteiger partial charge in [0.2, 0.25) is 0 Å². The Morgan fingerprint density at radius 1 is 1.26 bits per heavy atom. The molecule has 2 N–H and O–H groups in total. The van der Waals surface area contributed by atoms with E-state index in [-0.39, 0.29) is 35.2 Å². The lowest BCUT2D eigenvalue weighted by atomic mass is 9.93. The normalized spacial score (nSPS) is 12.0. The molecule has 0 unspecified atom stereocenters. The van der Waals surface area contributed by atoms with Gasteiger partial charge in [-0.2, -0.15) is 0 Å². The van der Waals surface area contributed by atoms with Crippen LogP contribution >= 0.6 is 24.0 Å². The van der Waals surface area contributed by atoms with Crippen LogP contribution in [0.2, 0.25) is 0 Å². The van der Waals surface area contributed by atoms with Gasteiger partial charge in [-0.05, 0) is 43.6 Å². The molecular formula is C17H30FIN4. The van der Waals surface area contributed by atoms with Gasteiger partial charge in [0.15, 0.2) is 5.96 Å². The number of aliphatic imine (C=N–C) groups is 1. The van der Waals surface area contributed by atoms with Crippen LogP contribution in [-0.2, 0) is 6.42 Å². The van der Waals surface area contributed by atoms with E-state index in [1.54, 1.807) is 19.2 Å². The number of halogens is 2. The van der Waals surface area contributed by atoms with Gasteiger partial charge in [0.05, 0.1) is 0 Å². The van der Waals surface area contributed by atoms with Crippen molar-refractivity contribution in [3.05, 3.63) is 35.6 Å². The molecule has 1 aromatic rings. The van der Waals surface area contributed by atoms with Gasteiger partial charge in [0.25, 0.3) is 0 Å². The molecule has 0 fully saturated rings. The molecule has 23 heavy (non-hydrogen) atoms. The summed E-state index contributed by atoms with van der Waals surface area (Å²) in [5, 5.41) is 6.62. The summed E-state index contributed by atoms with van der Waals surface area (Å²) in [7, 11) is 5.91. The third-order valence-corrected chi connectivity index (χ3v) is 3.30. The Labute approximate surface area is 157 Å². The monoisotopic (exact) mass is 436 g/mol. The molecule has 6 heteroatoms. The van der Waals surface area contributed by atoms with Crippen LogP contribution in [0.25, 0.3) is 0 Å². The van der Waals surface area contributed by atoms with Crippen molar-refractivity contribution < 1.29 is 4.39 Å². The molecule has 0 saturated heterocycles. The van der Waals surface area contributed by atoms with Gasteiger partial charge < -0.3 is 15.5 Å². The maximum absolute atomic E-state index is 13.1. The van der Waals surface area contributed by atoms with Crippen molar-refractivity contribution in [3.63, 3.8) is 0 Å². The third-order valence-electron chi connectivity index (χ3n) is 3.30. The largest absolute Gasteiger partial charge is 0.356 e. The van der Waals surface area contributed by atoms with E-state index in [0.29, 0.717) is 0 Å². The lowest BCUT2D eigenvalue weighted by molar-refractivity contribution is 0.241. The van der Waals surface area contributed by atoms with E-state index in [9.17, 15) is 4.39 Å². The van der Waals surface area contributed by atoms with Crippen molar-refractivity contribution in [2.24, 2.45) is 10.4 Å². The van der Waals surface area contributed by atoms with Gasteiger partial charge in [-0.3, -0.25) is 4.99 Å². The molecule has 0 radical (unpaired) electrons. The number of benzene rings is 1. The molecule has 4 nitrogen and oxygen atoms in total. The summed E-state index contributed by atoms with van der Waals surface area (Å²) < 4.78 is 13.1. The minimum absolute atomic E-state index is 0. The van der Waals surface area contributed by atoms with Crippen molar-refractivity contribution in [1.82, 2.24) is 15.5 Å². The van der Waals surface area contributed by atoms with Gasteiger partial charge >= 0.3 is 0 Å². The smallest absolute Gasteiger partial charge is 0.191 e. The van der Waals surface area contributed by atoms with Crippen molar-refractivity contribution in [2.75, 3.05) is 40.8 Å². The summed E-state index contributed by atoms with van der Waals surface area (Å²) >= 11 is 0. The molecule has 0 atom stereocenters. The molecule has 0 aliphatic carbocycles. The van der Waals surface area contributed by atoms with Crippen LogP contribution in [0, 0.1) is 11.2 Å². The Kier molecular flexibility index (Phi) is 10.4. The van der Waals surface area contributed by atoms with Crippen LogP contribution in [0.3, 0.4) is 0 Å². The lowest BCUT2D eigenvalue weighted by Gasteiger charge is -2.29. The van der Waals surface area contributed by atoms with E-state index in [1.807, 2.05) is 6.07 Å². The molecule has 0 bridgehead atoms. The maximum atomic E-state index is 13.1. The van der Waals surface area contributed by atoms with Crippen molar-refractivity contribution in [3.8, 4) is 0 Å². The van der Waals surface area contributed by atoms with Gasteiger partial charge in [-0.15, -0.1) is 24.0 Å². The average Bonchev–Trinajstić information content (AvgIpc) is 2.41. The first-order valence-electron chi connectivity index (χ1n) is 7.66. The van der Waals surface area contributed by atoms with E-state index >= 15 is 0 Å². The highest BCUT2D eigenvalue weighted by Gasteiger charge is 2.19. The molecule has 0 aliphatic rings. The van der Waals surface area contributed by atoms with Crippen LogP contribution in [0.5, 0.6) is 0 Å². The zero-order valence-electron chi connectivity index (χ0n) is 14.8. The molecule has 132 valence electrons. The van der Waals surface area contributed by atoms with E-state index in [1.165, 1.54) is 6.07 Å². The summed E-state index contributed by atoms with van der Waals surface area (Å²) in [6, 6.07) is 6.70. The molecule has 0 amide bonds. The van der Waals surface area contributed by atoms with E-state index < -0.39 is 0 Å². The van der Waals surface area contributed by atoms with Crippen molar-refractivity contribution in [2.45, 2.75) is 20.3 Å².